The highest BCUT2D eigenvalue weighted by Crippen LogP contribution is 2.37. The molecule has 2 rings (SSSR count). The Morgan fingerprint density at radius 3 is 2.32 bits per heavy atom. The molecule has 0 amide bonds. The molecular weight excluding hydrogens is 234 g/mol. The van der Waals surface area contributed by atoms with E-state index >= 15 is 0 Å². The molecule has 1 N–H and O–H groups in total. The lowest BCUT2D eigenvalue weighted by molar-refractivity contribution is 0.0108. The van der Waals surface area contributed by atoms with Crippen LogP contribution in [0.5, 0.6) is 0 Å². The molecule has 1 saturated carbocycles. The van der Waals surface area contributed by atoms with Gasteiger partial charge in [0.05, 0.1) is 6.10 Å². The van der Waals surface area contributed by atoms with E-state index in [0.29, 0.717) is 11.5 Å². The third kappa shape index (κ3) is 5.07. The largest absolute Gasteiger partial charge is 0.378 e. The topological polar surface area (TPSA) is 21.3 Å². The Kier molecular flexibility index (Phi) is 5.70. The van der Waals surface area contributed by atoms with Gasteiger partial charge in [0.15, 0.2) is 0 Å². The molecule has 2 fully saturated rings. The summed E-state index contributed by atoms with van der Waals surface area (Å²) in [4.78, 5) is 0. The third-order valence-corrected chi connectivity index (χ3v) is 5.13. The number of hydrogen-bond acceptors (Lipinski definition) is 2. The van der Waals surface area contributed by atoms with Gasteiger partial charge in [-0.25, -0.2) is 0 Å². The minimum absolute atomic E-state index is 0.501. The van der Waals surface area contributed by atoms with Crippen LogP contribution in [0.3, 0.4) is 0 Å². The summed E-state index contributed by atoms with van der Waals surface area (Å²) in [6.45, 7) is 9.32. The maximum Gasteiger partial charge on any atom is 0.0587 e. The monoisotopic (exact) mass is 267 g/mol. The molecule has 2 nitrogen and oxygen atoms in total. The second-order valence-electron chi connectivity index (χ2n) is 7.65. The van der Waals surface area contributed by atoms with E-state index in [1.165, 1.54) is 51.4 Å². The zero-order valence-electron chi connectivity index (χ0n) is 13.2. The standard InChI is InChI=1S/C17H33NO/c1-17(2,3)14-7-9-15(10-8-14)18-12-11-16-6-4-5-13-19-16/h14-16,18H,4-13H2,1-3H3. The van der Waals surface area contributed by atoms with Gasteiger partial charge in [0.1, 0.15) is 0 Å². The van der Waals surface area contributed by atoms with Crippen LogP contribution >= 0.6 is 0 Å². The highest BCUT2D eigenvalue weighted by atomic mass is 16.5. The molecule has 0 radical (unpaired) electrons. The van der Waals surface area contributed by atoms with E-state index in [4.69, 9.17) is 4.74 Å². The van der Waals surface area contributed by atoms with E-state index in [0.717, 1.165) is 25.1 Å². The first-order chi connectivity index (χ1) is 9.05. The fourth-order valence-electron chi connectivity index (χ4n) is 3.65. The molecule has 1 aliphatic carbocycles. The third-order valence-electron chi connectivity index (χ3n) is 5.13. The summed E-state index contributed by atoms with van der Waals surface area (Å²) in [5.41, 5.74) is 0.501. The maximum atomic E-state index is 5.79. The van der Waals surface area contributed by atoms with Crippen LogP contribution in [0.25, 0.3) is 0 Å². The van der Waals surface area contributed by atoms with E-state index in [2.05, 4.69) is 26.1 Å². The van der Waals surface area contributed by atoms with E-state index in [1.807, 2.05) is 0 Å². The Hall–Kier alpha value is -0.0800. The van der Waals surface area contributed by atoms with Gasteiger partial charge >= 0.3 is 0 Å². The number of rotatable bonds is 4. The predicted octanol–water partition coefficient (Wildman–Crippen LogP) is 4.14. The number of ether oxygens (including phenoxy) is 1. The molecule has 0 aromatic carbocycles. The first kappa shape index (κ1) is 15.3. The normalized spacial score (nSPS) is 33.3. The molecular formula is C17H33NO. The van der Waals surface area contributed by atoms with E-state index in [9.17, 15) is 0 Å². The summed E-state index contributed by atoms with van der Waals surface area (Å²) in [7, 11) is 0. The van der Waals surface area contributed by atoms with Gasteiger partial charge in [-0.2, -0.15) is 0 Å². The molecule has 2 aliphatic rings. The Labute approximate surface area is 119 Å². The minimum Gasteiger partial charge on any atom is -0.378 e. The Bertz CT molecular complexity index is 244. The van der Waals surface area contributed by atoms with Crippen LogP contribution < -0.4 is 5.32 Å². The van der Waals surface area contributed by atoms with Gasteiger partial charge < -0.3 is 10.1 Å². The van der Waals surface area contributed by atoms with Crippen molar-refractivity contribution in [2.45, 2.75) is 84.3 Å². The fraction of sp³-hybridized carbons (Fsp3) is 1.00. The lowest BCUT2D eigenvalue weighted by Gasteiger charge is -2.37. The average molecular weight is 267 g/mol. The zero-order chi connectivity index (χ0) is 13.7. The number of nitrogens with one attached hydrogen (secondary N) is 1. The van der Waals surface area contributed by atoms with Crippen molar-refractivity contribution >= 4 is 0 Å². The second kappa shape index (κ2) is 7.08. The molecule has 0 aromatic rings. The smallest absolute Gasteiger partial charge is 0.0587 e. The molecule has 19 heavy (non-hydrogen) atoms. The molecule has 1 aliphatic heterocycles. The highest BCUT2D eigenvalue weighted by Gasteiger charge is 2.29. The van der Waals surface area contributed by atoms with Crippen LogP contribution in [-0.2, 0) is 4.74 Å². The maximum absolute atomic E-state index is 5.79. The van der Waals surface area contributed by atoms with Crippen molar-refractivity contribution in [3.63, 3.8) is 0 Å². The average Bonchev–Trinajstić information content (AvgIpc) is 2.39. The Balaban J connectivity index is 1.58. The molecule has 0 aromatic heterocycles. The van der Waals surface area contributed by atoms with Crippen molar-refractivity contribution in [1.29, 1.82) is 0 Å². The van der Waals surface area contributed by atoms with Crippen molar-refractivity contribution in [1.82, 2.24) is 5.32 Å². The summed E-state index contributed by atoms with van der Waals surface area (Å²) in [6, 6.07) is 0.766. The van der Waals surface area contributed by atoms with Gasteiger partial charge in [0, 0.05) is 12.6 Å². The summed E-state index contributed by atoms with van der Waals surface area (Å²) in [5, 5.41) is 3.76. The lowest BCUT2D eigenvalue weighted by Crippen LogP contribution is -2.37. The summed E-state index contributed by atoms with van der Waals surface area (Å²) >= 11 is 0. The van der Waals surface area contributed by atoms with Crippen LogP contribution in [0.2, 0.25) is 0 Å². The van der Waals surface area contributed by atoms with Crippen molar-refractivity contribution in [2.75, 3.05) is 13.2 Å². The molecule has 1 heterocycles. The Morgan fingerprint density at radius 1 is 1.00 bits per heavy atom. The van der Waals surface area contributed by atoms with Gasteiger partial charge in [-0.1, -0.05) is 20.8 Å². The van der Waals surface area contributed by atoms with E-state index < -0.39 is 0 Å². The second-order valence-corrected chi connectivity index (χ2v) is 7.65. The number of hydrogen-bond donors (Lipinski definition) is 1. The fourth-order valence-corrected chi connectivity index (χ4v) is 3.65. The summed E-state index contributed by atoms with van der Waals surface area (Å²) in [6.07, 6.45) is 11.2. The molecule has 1 atom stereocenters. The van der Waals surface area contributed by atoms with Crippen molar-refractivity contribution in [3.05, 3.63) is 0 Å². The van der Waals surface area contributed by atoms with Crippen LogP contribution in [0.4, 0.5) is 0 Å². The summed E-state index contributed by atoms with van der Waals surface area (Å²) < 4.78 is 5.79. The molecule has 1 unspecified atom stereocenters. The Morgan fingerprint density at radius 2 is 1.74 bits per heavy atom. The van der Waals surface area contributed by atoms with Crippen molar-refractivity contribution in [3.8, 4) is 0 Å². The highest BCUT2D eigenvalue weighted by molar-refractivity contribution is 4.83. The SMILES string of the molecule is CC(C)(C)C1CCC(NCCC2CCCCO2)CC1. The van der Waals surface area contributed by atoms with Crippen molar-refractivity contribution < 1.29 is 4.74 Å². The predicted molar refractivity (Wildman–Crippen MR) is 81.4 cm³/mol. The molecule has 0 bridgehead atoms. The lowest BCUT2D eigenvalue weighted by atomic mass is 9.71. The van der Waals surface area contributed by atoms with Crippen LogP contribution in [-0.4, -0.2) is 25.3 Å². The van der Waals surface area contributed by atoms with Gasteiger partial charge in [-0.15, -0.1) is 0 Å². The van der Waals surface area contributed by atoms with E-state index in [-0.39, 0.29) is 0 Å². The summed E-state index contributed by atoms with van der Waals surface area (Å²) in [5.74, 6) is 0.923. The molecule has 112 valence electrons. The van der Waals surface area contributed by atoms with Gasteiger partial charge in [0.25, 0.3) is 0 Å². The quantitative estimate of drug-likeness (QED) is 0.826. The van der Waals surface area contributed by atoms with Crippen LogP contribution in [0, 0.1) is 11.3 Å². The van der Waals surface area contributed by atoms with Gasteiger partial charge in [-0.3, -0.25) is 0 Å². The van der Waals surface area contributed by atoms with Crippen LogP contribution in [0.1, 0.15) is 72.1 Å². The first-order valence-electron chi connectivity index (χ1n) is 8.40. The van der Waals surface area contributed by atoms with Crippen molar-refractivity contribution in [2.24, 2.45) is 11.3 Å². The molecule has 2 heteroatoms. The molecule has 1 saturated heterocycles. The molecule has 0 spiro atoms. The van der Waals surface area contributed by atoms with E-state index in [1.54, 1.807) is 0 Å². The van der Waals surface area contributed by atoms with Gasteiger partial charge in [-0.05, 0) is 69.2 Å². The zero-order valence-corrected chi connectivity index (χ0v) is 13.2. The van der Waals surface area contributed by atoms with Crippen LogP contribution in [0.15, 0.2) is 0 Å². The first-order valence-corrected chi connectivity index (χ1v) is 8.40. The minimum atomic E-state index is 0.501. The van der Waals surface area contributed by atoms with Gasteiger partial charge in [0.2, 0.25) is 0 Å².